The largest absolute Gasteiger partial charge is 0.328 e. The molecule has 1 aliphatic carbocycles. The molecule has 0 bridgehead atoms. The van der Waals surface area contributed by atoms with Crippen molar-refractivity contribution in [3.05, 3.63) is 34.7 Å². The first-order chi connectivity index (χ1) is 7.25. The van der Waals surface area contributed by atoms with E-state index < -0.39 is 0 Å². The maximum absolute atomic E-state index is 5.86. The summed E-state index contributed by atoms with van der Waals surface area (Å²) < 4.78 is 1.42. The van der Waals surface area contributed by atoms with Gasteiger partial charge in [-0.3, -0.25) is 0 Å². The number of aryl methyl sites for hydroxylation is 1. The summed E-state index contributed by atoms with van der Waals surface area (Å²) in [5, 5.41) is 1.43. The Bertz CT molecular complexity index is 494. The van der Waals surface area contributed by atoms with E-state index in [4.69, 9.17) is 5.73 Å². The van der Waals surface area contributed by atoms with Crippen molar-refractivity contribution in [3.63, 3.8) is 0 Å². The minimum Gasteiger partial charge on any atom is -0.328 e. The first-order valence-electron chi connectivity index (χ1n) is 5.49. The predicted molar refractivity (Wildman–Crippen MR) is 66.5 cm³/mol. The van der Waals surface area contributed by atoms with Gasteiger partial charge in [0.15, 0.2) is 0 Å². The molecule has 1 aromatic heterocycles. The quantitative estimate of drug-likeness (QED) is 0.778. The van der Waals surface area contributed by atoms with Gasteiger partial charge in [0.25, 0.3) is 0 Å². The molecule has 0 atom stereocenters. The average molecular weight is 217 g/mol. The van der Waals surface area contributed by atoms with Crippen molar-refractivity contribution in [2.75, 3.05) is 0 Å². The van der Waals surface area contributed by atoms with Crippen LogP contribution < -0.4 is 5.73 Å². The van der Waals surface area contributed by atoms with Gasteiger partial charge in [0, 0.05) is 15.6 Å². The first-order valence-corrected chi connectivity index (χ1v) is 6.31. The molecule has 2 heteroatoms. The second kappa shape index (κ2) is 3.32. The molecule has 1 aliphatic rings. The van der Waals surface area contributed by atoms with Crippen molar-refractivity contribution in [1.82, 2.24) is 0 Å². The predicted octanol–water partition coefficient (Wildman–Crippen LogP) is 3.41. The lowest BCUT2D eigenvalue weighted by atomic mass is 9.79. The van der Waals surface area contributed by atoms with Crippen molar-refractivity contribution in [1.29, 1.82) is 0 Å². The molecule has 2 aromatic rings. The van der Waals surface area contributed by atoms with E-state index >= 15 is 0 Å². The van der Waals surface area contributed by atoms with Gasteiger partial charge in [0.2, 0.25) is 0 Å². The van der Waals surface area contributed by atoms with Crippen LogP contribution in [-0.2, 0) is 0 Å². The number of fused-ring (bicyclic) bond motifs is 1. The second-order valence-corrected chi connectivity index (χ2v) is 5.60. The van der Waals surface area contributed by atoms with Crippen LogP contribution in [0, 0.1) is 6.92 Å². The number of thiophene rings is 1. The van der Waals surface area contributed by atoms with Gasteiger partial charge in [-0.1, -0.05) is 18.2 Å². The number of nitrogens with two attached hydrogens (primary N) is 1. The van der Waals surface area contributed by atoms with E-state index in [-0.39, 0.29) is 0 Å². The highest BCUT2D eigenvalue weighted by atomic mass is 32.1. The van der Waals surface area contributed by atoms with Crippen LogP contribution in [0.5, 0.6) is 0 Å². The third kappa shape index (κ3) is 1.40. The Labute approximate surface area is 93.9 Å². The molecule has 1 heterocycles. The van der Waals surface area contributed by atoms with Crippen LogP contribution in [-0.4, -0.2) is 6.04 Å². The van der Waals surface area contributed by atoms with Crippen molar-refractivity contribution in [2.24, 2.45) is 5.73 Å². The van der Waals surface area contributed by atoms with E-state index in [1.54, 1.807) is 4.88 Å². The van der Waals surface area contributed by atoms with Crippen LogP contribution in [0.4, 0.5) is 0 Å². The van der Waals surface area contributed by atoms with Crippen molar-refractivity contribution >= 4 is 21.4 Å². The van der Waals surface area contributed by atoms with Crippen LogP contribution in [0.15, 0.2) is 24.3 Å². The SMILES string of the molecule is Cc1c(C2CC(N)C2)sc2ccccc12. The lowest BCUT2D eigenvalue weighted by molar-refractivity contribution is 0.355. The fourth-order valence-electron chi connectivity index (χ4n) is 2.46. The molecule has 0 spiro atoms. The van der Waals surface area contributed by atoms with Gasteiger partial charge in [0.1, 0.15) is 0 Å². The first kappa shape index (κ1) is 9.37. The summed E-state index contributed by atoms with van der Waals surface area (Å²) in [6.45, 7) is 2.25. The zero-order valence-corrected chi connectivity index (χ0v) is 9.68. The highest BCUT2D eigenvalue weighted by molar-refractivity contribution is 7.19. The average Bonchev–Trinajstić information content (AvgIpc) is 2.52. The molecule has 0 unspecified atom stereocenters. The Morgan fingerprint density at radius 2 is 2.00 bits per heavy atom. The Morgan fingerprint density at radius 1 is 1.27 bits per heavy atom. The third-order valence-corrected chi connectivity index (χ3v) is 4.86. The molecule has 0 aliphatic heterocycles. The van der Waals surface area contributed by atoms with Gasteiger partial charge in [0.05, 0.1) is 0 Å². The zero-order chi connectivity index (χ0) is 10.4. The zero-order valence-electron chi connectivity index (χ0n) is 8.86. The van der Waals surface area contributed by atoms with E-state index in [1.807, 2.05) is 11.3 Å². The summed E-state index contributed by atoms with van der Waals surface area (Å²) in [5.74, 6) is 0.734. The smallest absolute Gasteiger partial charge is 0.0348 e. The standard InChI is InChI=1S/C13H15NS/c1-8-11-4-2-3-5-12(11)15-13(8)9-6-10(14)7-9/h2-5,9-10H,6-7,14H2,1H3. The third-order valence-electron chi connectivity index (χ3n) is 3.43. The Morgan fingerprint density at radius 3 is 2.67 bits per heavy atom. The summed E-state index contributed by atoms with van der Waals surface area (Å²) in [7, 11) is 0. The minimum atomic E-state index is 0.444. The molecule has 0 saturated heterocycles. The van der Waals surface area contributed by atoms with Crippen LogP contribution in [0.2, 0.25) is 0 Å². The maximum atomic E-state index is 5.86. The molecule has 2 N–H and O–H groups in total. The molecule has 0 amide bonds. The molecule has 1 nitrogen and oxygen atoms in total. The normalized spacial score (nSPS) is 25.5. The molecule has 15 heavy (non-hydrogen) atoms. The maximum Gasteiger partial charge on any atom is 0.0348 e. The van der Waals surface area contributed by atoms with Gasteiger partial charge in [-0.15, -0.1) is 11.3 Å². The topological polar surface area (TPSA) is 26.0 Å². The van der Waals surface area contributed by atoms with E-state index in [0.29, 0.717) is 6.04 Å². The van der Waals surface area contributed by atoms with Crippen LogP contribution in [0.3, 0.4) is 0 Å². The van der Waals surface area contributed by atoms with Gasteiger partial charge < -0.3 is 5.73 Å². The van der Waals surface area contributed by atoms with E-state index in [2.05, 4.69) is 31.2 Å². The monoisotopic (exact) mass is 217 g/mol. The summed E-state index contributed by atoms with van der Waals surface area (Å²) in [6, 6.07) is 9.13. The second-order valence-electron chi connectivity index (χ2n) is 4.52. The van der Waals surface area contributed by atoms with Gasteiger partial charge in [-0.05, 0) is 42.7 Å². The fourth-order valence-corrected chi connectivity index (χ4v) is 3.80. The van der Waals surface area contributed by atoms with Crippen molar-refractivity contribution < 1.29 is 0 Å². The van der Waals surface area contributed by atoms with Gasteiger partial charge in [-0.2, -0.15) is 0 Å². The van der Waals surface area contributed by atoms with Gasteiger partial charge >= 0.3 is 0 Å². The summed E-state index contributed by atoms with van der Waals surface area (Å²) in [6.07, 6.45) is 2.35. The minimum absolute atomic E-state index is 0.444. The van der Waals surface area contributed by atoms with E-state index in [1.165, 1.54) is 28.5 Å². The van der Waals surface area contributed by atoms with Crippen molar-refractivity contribution in [3.8, 4) is 0 Å². The van der Waals surface area contributed by atoms with Gasteiger partial charge in [-0.25, -0.2) is 0 Å². The molecule has 1 saturated carbocycles. The fraction of sp³-hybridized carbons (Fsp3) is 0.385. The van der Waals surface area contributed by atoms with E-state index in [0.717, 1.165) is 5.92 Å². The molecule has 3 rings (SSSR count). The van der Waals surface area contributed by atoms with Crippen LogP contribution >= 0.6 is 11.3 Å². The number of hydrogen-bond donors (Lipinski definition) is 1. The molecule has 0 radical (unpaired) electrons. The van der Waals surface area contributed by atoms with Crippen molar-refractivity contribution in [2.45, 2.75) is 31.7 Å². The Hall–Kier alpha value is -0.860. The highest BCUT2D eigenvalue weighted by Gasteiger charge is 2.30. The number of benzene rings is 1. The molecule has 78 valence electrons. The van der Waals surface area contributed by atoms with Crippen LogP contribution in [0.25, 0.3) is 10.1 Å². The lowest BCUT2D eigenvalue weighted by Crippen LogP contribution is -2.34. The van der Waals surface area contributed by atoms with Crippen LogP contribution in [0.1, 0.15) is 29.2 Å². The molecular formula is C13H15NS. The number of hydrogen-bond acceptors (Lipinski definition) is 2. The highest BCUT2D eigenvalue weighted by Crippen LogP contribution is 2.43. The molecule has 1 fully saturated rings. The summed E-state index contributed by atoms with van der Waals surface area (Å²) >= 11 is 1.95. The Balaban J connectivity index is 2.08. The number of rotatable bonds is 1. The molecule has 1 aromatic carbocycles. The lowest BCUT2D eigenvalue weighted by Gasteiger charge is -2.32. The summed E-state index contributed by atoms with van der Waals surface area (Å²) in [4.78, 5) is 1.57. The Kier molecular flexibility index (Phi) is 2.08. The molecular weight excluding hydrogens is 202 g/mol. The summed E-state index contributed by atoms with van der Waals surface area (Å²) in [5.41, 5.74) is 7.33. The van der Waals surface area contributed by atoms with E-state index in [9.17, 15) is 0 Å².